The van der Waals surface area contributed by atoms with Crippen molar-refractivity contribution in [1.29, 1.82) is 0 Å². The van der Waals surface area contributed by atoms with E-state index in [9.17, 15) is 0 Å². The van der Waals surface area contributed by atoms with Gasteiger partial charge < -0.3 is 5.32 Å². The normalized spacial score (nSPS) is 11.3. The second-order valence-electron chi connectivity index (χ2n) is 6.60. The van der Waals surface area contributed by atoms with Gasteiger partial charge in [-0.2, -0.15) is 0 Å². The van der Waals surface area contributed by atoms with Gasteiger partial charge in [0.05, 0.1) is 11.2 Å². The van der Waals surface area contributed by atoms with Crippen LogP contribution in [0.5, 0.6) is 0 Å². The van der Waals surface area contributed by atoms with Gasteiger partial charge in [-0.15, -0.1) is 0 Å². The molecule has 0 aliphatic carbocycles. The molecular formula is C22H22ClN3. The van der Waals surface area contributed by atoms with E-state index in [1.54, 1.807) is 4.09 Å². The largest absolute Gasteiger partial charge is 0.354 e. The smallest absolute Gasteiger partial charge is 0.125 e. The summed E-state index contributed by atoms with van der Waals surface area (Å²) in [6.07, 6.45) is 4.37. The third-order valence-electron chi connectivity index (χ3n) is 4.72. The lowest BCUT2D eigenvalue weighted by Crippen LogP contribution is -1.93. The van der Waals surface area contributed by atoms with Crippen LogP contribution in [0.4, 0.5) is 11.4 Å². The Morgan fingerprint density at radius 1 is 1.00 bits per heavy atom. The number of aryl methyl sites for hydroxylation is 1. The Morgan fingerprint density at radius 3 is 2.58 bits per heavy atom. The van der Waals surface area contributed by atoms with E-state index < -0.39 is 0 Å². The molecule has 26 heavy (non-hydrogen) atoms. The number of halogens is 1. The molecule has 3 nitrogen and oxygen atoms in total. The number of benzene rings is 3. The molecule has 4 heteroatoms. The van der Waals surface area contributed by atoms with E-state index in [1.165, 1.54) is 12.8 Å². The summed E-state index contributed by atoms with van der Waals surface area (Å²) in [6.45, 7) is 2.21. The molecule has 0 unspecified atom stereocenters. The predicted molar refractivity (Wildman–Crippen MR) is 111 cm³/mol. The maximum absolute atomic E-state index is 6.72. The molecule has 0 amide bonds. The van der Waals surface area contributed by atoms with Crippen LogP contribution in [0.15, 0.2) is 60.7 Å². The van der Waals surface area contributed by atoms with Gasteiger partial charge in [-0.25, -0.2) is 9.07 Å². The van der Waals surface area contributed by atoms with Crippen molar-refractivity contribution < 1.29 is 0 Å². The molecule has 1 N–H and O–H groups in total. The van der Waals surface area contributed by atoms with Crippen LogP contribution in [0.2, 0.25) is 0 Å². The summed E-state index contributed by atoms with van der Waals surface area (Å²) in [5, 5.41) is 5.80. The highest BCUT2D eigenvalue weighted by atomic mass is 35.5. The molecule has 4 aromatic rings. The second-order valence-corrected chi connectivity index (χ2v) is 6.94. The topological polar surface area (TPSA) is 29.9 Å². The van der Waals surface area contributed by atoms with Gasteiger partial charge in [0.15, 0.2) is 0 Å². The molecule has 0 spiro atoms. The lowest BCUT2D eigenvalue weighted by atomic mass is 10.1. The second kappa shape index (κ2) is 7.38. The molecule has 0 saturated heterocycles. The van der Waals surface area contributed by atoms with Gasteiger partial charge in [-0.3, -0.25) is 0 Å². The number of imidazole rings is 1. The molecule has 0 atom stereocenters. The van der Waals surface area contributed by atoms with Crippen molar-refractivity contribution >= 4 is 45.0 Å². The first-order valence-electron chi connectivity index (χ1n) is 9.19. The highest BCUT2D eigenvalue weighted by Gasteiger charge is 2.16. The minimum atomic E-state index is 0.894. The predicted octanol–water partition coefficient (Wildman–Crippen LogP) is 6.67. The fourth-order valence-corrected chi connectivity index (χ4v) is 3.68. The van der Waals surface area contributed by atoms with Crippen LogP contribution in [0, 0.1) is 0 Å². The van der Waals surface area contributed by atoms with E-state index in [4.69, 9.17) is 16.8 Å². The zero-order chi connectivity index (χ0) is 17.9. The summed E-state index contributed by atoms with van der Waals surface area (Å²) in [5.41, 5.74) is 3.94. The van der Waals surface area contributed by atoms with Gasteiger partial charge in [-0.1, -0.05) is 62.2 Å². The summed E-state index contributed by atoms with van der Waals surface area (Å²) in [6, 6.07) is 20.7. The van der Waals surface area contributed by atoms with Crippen LogP contribution in [0.1, 0.15) is 32.0 Å². The Balaban J connectivity index is 1.88. The average Bonchev–Trinajstić information content (AvgIpc) is 3.00. The third kappa shape index (κ3) is 3.15. The number of fused-ring (bicyclic) bond motifs is 3. The van der Waals surface area contributed by atoms with E-state index in [-0.39, 0.29) is 0 Å². The Morgan fingerprint density at radius 2 is 1.77 bits per heavy atom. The van der Waals surface area contributed by atoms with Gasteiger partial charge in [0.2, 0.25) is 0 Å². The molecule has 4 rings (SSSR count). The molecular weight excluding hydrogens is 342 g/mol. The highest BCUT2D eigenvalue weighted by molar-refractivity contribution is 6.23. The van der Waals surface area contributed by atoms with Crippen molar-refractivity contribution in [1.82, 2.24) is 9.07 Å². The van der Waals surface area contributed by atoms with Crippen LogP contribution < -0.4 is 5.32 Å². The molecule has 0 radical (unpaired) electrons. The van der Waals surface area contributed by atoms with Gasteiger partial charge >= 0.3 is 0 Å². The van der Waals surface area contributed by atoms with Crippen molar-refractivity contribution in [3.05, 3.63) is 66.5 Å². The summed E-state index contributed by atoms with van der Waals surface area (Å²) < 4.78 is 1.75. The van der Waals surface area contributed by atoms with Crippen molar-refractivity contribution in [2.45, 2.75) is 32.6 Å². The monoisotopic (exact) mass is 363 g/mol. The zero-order valence-electron chi connectivity index (χ0n) is 14.9. The van der Waals surface area contributed by atoms with Crippen LogP contribution in [0.3, 0.4) is 0 Å². The van der Waals surface area contributed by atoms with E-state index in [0.717, 1.165) is 51.8 Å². The van der Waals surface area contributed by atoms with E-state index in [2.05, 4.69) is 48.6 Å². The molecule has 1 aromatic heterocycles. The number of aromatic nitrogens is 2. The van der Waals surface area contributed by atoms with Crippen LogP contribution in [-0.2, 0) is 6.42 Å². The Hall–Kier alpha value is -2.52. The number of hydrogen-bond acceptors (Lipinski definition) is 2. The molecule has 1 heterocycles. The summed E-state index contributed by atoms with van der Waals surface area (Å²) in [5.74, 6) is 0.933. The van der Waals surface area contributed by atoms with Gasteiger partial charge in [0.25, 0.3) is 0 Å². The Bertz CT molecular complexity index is 1040. The van der Waals surface area contributed by atoms with E-state index in [0.29, 0.717) is 0 Å². The van der Waals surface area contributed by atoms with Crippen LogP contribution >= 0.6 is 11.8 Å². The third-order valence-corrected chi connectivity index (χ3v) is 5.08. The van der Waals surface area contributed by atoms with Gasteiger partial charge in [0, 0.05) is 29.3 Å². The minimum Gasteiger partial charge on any atom is -0.354 e. The molecule has 0 saturated carbocycles. The number of nitrogens with zero attached hydrogens (tertiary/aromatic N) is 2. The molecule has 0 aliphatic heterocycles. The molecule has 3 aromatic carbocycles. The van der Waals surface area contributed by atoms with Crippen molar-refractivity contribution in [2.24, 2.45) is 0 Å². The van der Waals surface area contributed by atoms with Crippen LogP contribution in [0.25, 0.3) is 21.8 Å². The van der Waals surface area contributed by atoms with E-state index >= 15 is 0 Å². The summed E-state index contributed by atoms with van der Waals surface area (Å²) in [4.78, 5) is 4.90. The number of rotatable bonds is 6. The Labute approximate surface area is 158 Å². The lowest BCUT2D eigenvalue weighted by molar-refractivity contribution is 0.696. The molecule has 132 valence electrons. The fourth-order valence-electron chi connectivity index (χ4n) is 3.39. The van der Waals surface area contributed by atoms with Crippen molar-refractivity contribution in [2.75, 3.05) is 5.32 Å². The lowest BCUT2D eigenvalue weighted by Gasteiger charge is -2.09. The SMILES string of the molecule is CCCCCc1nc2c(Nc3ccccc3)cc3ccccc3c2n1Cl. The molecule has 0 aliphatic rings. The first kappa shape index (κ1) is 16.9. The van der Waals surface area contributed by atoms with Gasteiger partial charge in [-0.05, 0) is 30.0 Å². The molecule has 0 fully saturated rings. The highest BCUT2D eigenvalue weighted by Crippen LogP contribution is 2.35. The van der Waals surface area contributed by atoms with Crippen LogP contribution in [-0.4, -0.2) is 9.07 Å². The Kier molecular flexibility index (Phi) is 4.81. The van der Waals surface area contributed by atoms with E-state index in [1.807, 2.05) is 24.3 Å². The average molecular weight is 364 g/mol. The maximum Gasteiger partial charge on any atom is 0.125 e. The standard InChI is InChI=1S/C22H22ClN3/c1-2-3-5-14-20-25-21-19(24-17-11-6-4-7-12-17)15-16-10-8-9-13-18(16)22(21)26(20)23/h4,6-13,15,24H,2-3,5,14H2,1H3. The fraction of sp³-hybridized carbons (Fsp3) is 0.227. The van der Waals surface area contributed by atoms with Crippen molar-refractivity contribution in [3.8, 4) is 0 Å². The number of anilines is 2. The summed E-state index contributed by atoms with van der Waals surface area (Å²) in [7, 11) is 0. The minimum absolute atomic E-state index is 0.894. The zero-order valence-corrected chi connectivity index (χ0v) is 15.6. The van der Waals surface area contributed by atoms with Gasteiger partial charge in [0.1, 0.15) is 11.3 Å². The number of nitrogens with one attached hydrogen (secondary N) is 1. The number of unbranched alkanes of at least 4 members (excludes halogenated alkanes) is 2. The summed E-state index contributed by atoms with van der Waals surface area (Å²) >= 11 is 6.72. The van der Waals surface area contributed by atoms with Crippen molar-refractivity contribution in [3.63, 3.8) is 0 Å². The quantitative estimate of drug-likeness (QED) is 0.388. The number of hydrogen-bond donors (Lipinski definition) is 1. The molecule has 0 bridgehead atoms. The number of para-hydroxylation sites is 1. The maximum atomic E-state index is 6.72. The first-order valence-corrected chi connectivity index (χ1v) is 9.53. The first-order chi connectivity index (χ1) is 12.8.